The van der Waals surface area contributed by atoms with Crippen LogP contribution in [0.5, 0.6) is 0 Å². The smallest absolute Gasteiger partial charge is 0.252 e. The first-order valence-corrected chi connectivity index (χ1v) is 8.82. The monoisotopic (exact) mass is 357 g/mol. The van der Waals surface area contributed by atoms with Crippen LogP contribution in [0.2, 0.25) is 0 Å². The van der Waals surface area contributed by atoms with Crippen molar-refractivity contribution >= 4 is 11.8 Å². The van der Waals surface area contributed by atoms with E-state index in [4.69, 9.17) is 4.52 Å². The second-order valence-corrected chi connectivity index (χ2v) is 6.47. The number of likely N-dealkylation sites (tertiary alicyclic amines) is 1. The molecule has 138 valence electrons. The fourth-order valence-electron chi connectivity index (χ4n) is 3.18. The predicted molar refractivity (Wildman–Crippen MR) is 93.5 cm³/mol. The van der Waals surface area contributed by atoms with Gasteiger partial charge in [-0.15, -0.1) is 0 Å². The first-order chi connectivity index (χ1) is 12.6. The lowest BCUT2D eigenvalue weighted by Crippen LogP contribution is -2.39. The van der Waals surface area contributed by atoms with Gasteiger partial charge >= 0.3 is 0 Å². The van der Waals surface area contributed by atoms with Gasteiger partial charge in [0.15, 0.2) is 5.82 Å². The second-order valence-electron chi connectivity index (χ2n) is 6.47. The maximum Gasteiger partial charge on any atom is 0.252 e. The molecule has 1 fully saturated rings. The number of aromatic nitrogens is 3. The lowest BCUT2D eigenvalue weighted by atomic mass is 9.93. The van der Waals surface area contributed by atoms with E-state index in [1.807, 2.05) is 11.0 Å². The number of carbonyl (C=O) groups excluding carboxylic acids is 2. The van der Waals surface area contributed by atoms with Gasteiger partial charge in [0.2, 0.25) is 11.8 Å². The zero-order valence-electron chi connectivity index (χ0n) is 15.1. The third-order valence-corrected chi connectivity index (χ3v) is 4.59. The van der Waals surface area contributed by atoms with Crippen molar-refractivity contribution in [3.05, 3.63) is 41.3 Å². The van der Waals surface area contributed by atoms with Crippen LogP contribution in [0.15, 0.2) is 22.9 Å². The Balaban J connectivity index is 1.57. The number of rotatable bonds is 5. The highest BCUT2D eigenvalue weighted by Gasteiger charge is 2.25. The van der Waals surface area contributed by atoms with E-state index in [0.29, 0.717) is 36.7 Å². The van der Waals surface area contributed by atoms with Crippen LogP contribution in [-0.2, 0) is 11.2 Å². The molecule has 26 heavy (non-hydrogen) atoms. The average Bonchev–Trinajstić information content (AvgIpc) is 3.11. The normalized spacial score (nSPS) is 17.2. The number of pyridine rings is 1. The van der Waals surface area contributed by atoms with Gasteiger partial charge in [-0.3, -0.25) is 14.6 Å². The summed E-state index contributed by atoms with van der Waals surface area (Å²) in [6, 6.07) is 3.66. The summed E-state index contributed by atoms with van der Waals surface area (Å²) in [5.41, 5.74) is 1.46. The Morgan fingerprint density at radius 2 is 2.23 bits per heavy atom. The van der Waals surface area contributed by atoms with E-state index in [9.17, 15) is 9.59 Å². The third kappa shape index (κ3) is 4.25. The van der Waals surface area contributed by atoms with Crippen molar-refractivity contribution in [2.45, 2.75) is 38.5 Å². The Hall–Kier alpha value is -2.77. The lowest BCUT2D eigenvalue weighted by Gasteiger charge is -2.32. The Bertz CT molecular complexity index is 771. The number of hydrogen-bond donors (Lipinski definition) is 1. The minimum absolute atomic E-state index is 0.0903. The minimum Gasteiger partial charge on any atom is -0.355 e. The molecule has 3 rings (SSSR count). The number of piperidine rings is 1. The van der Waals surface area contributed by atoms with Crippen molar-refractivity contribution in [2.75, 3.05) is 20.1 Å². The molecule has 0 aromatic carbocycles. The van der Waals surface area contributed by atoms with Crippen molar-refractivity contribution in [3.8, 4) is 0 Å². The summed E-state index contributed by atoms with van der Waals surface area (Å²) >= 11 is 0. The number of nitrogens with zero attached hydrogens (tertiary/aromatic N) is 4. The van der Waals surface area contributed by atoms with Gasteiger partial charge in [-0.1, -0.05) is 5.16 Å². The minimum atomic E-state index is -0.152. The molecule has 1 N–H and O–H groups in total. The summed E-state index contributed by atoms with van der Waals surface area (Å²) in [5, 5.41) is 6.32. The molecule has 1 atom stereocenters. The number of amides is 2. The summed E-state index contributed by atoms with van der Waals surface area (Å²) in [4.78, 5) is 34.6. The topological polar surface area (TPSA) is 101 Å². The molecule has 1 aliphatic heterocycles. The quantitative estimate of drug-likeness (QED) is 0.869. The first-order valence-electron chi connectivity index (χ1n) is 8.82. The summed E-state index contributed by atoms with van der Waals surface area (Å²) in [6.45, 7) is 3.16. The summed E-state index contributed by atoms with van der Waals surface area (Å²) < 4.78 is 5.06. The zero-order valence-corrected chi connectivity index (χ0v) is 15.1. The molecule has 0 spiro atoms. The van der Waals surface area contributed by atoms with Crippen molar-refractivity contribution in [1.82, 2.24) is 25.3 Å². The summed E-state index contributed by atoms with van der Waals surface area (Å²) in [7, 11) is 1.59. The fraction of sp³-hybridized carbons (Fsp3) is 0.500. The van der Waals surface area contributed by atoms with Crippen LogP contribution in [0.25, 0.3) is 0 Å². The highest BCUT2D eigenvalue weighted by Crippen LogP contribution is 2.26. The van der Waals surface area contributed by atoms with Crippen molar-refractivity contribution in [3.63, 3.8) is 0 Å². The van der Waals surface area contributed by atoms with Gasteiger partial charge in [-0.25, -0.2) is 0 Å². The van der Waals surface area contributed by atoms with Gasteiger partial charge in [0.05, 0.1) is 5.56 Å². The Labute approximate surface area is 152 Å². The SMILES string of the molecule is CNC(=O)c1ccc([C@H]2CCCN(C(=O)CCc3nc(C)no3)C2)nc1. The molecule has 2 aromatic rings. The second kappa shape index (κ2) is 8.07. The molecule has 0 unspecified atom stereocenters. The van der Waals surface area contributed by atoms with E-state index >= 15 is 0 Å². The van der Waals surface area contributed by atoms with Crippen LogP contribution in [0, 0.1) is 6.92 Å². The molecular weight excluding hydrogens is 334 g/mol. The fourth-order valence-corrected chi connectivity index (χ4v) is 3.18. The van der Waals surface area contributed by atoms with E-state index in [0.717, 1.165) is 25.1 Å². The molecule has 8 heteroatoms. The van der Waals surface area contributed by atoms with Crippen LogP contribution in [0.3, 0.4) is 0 Å². The first kappa shape index (κ1) is 18.0. The van der Waals surface area contributed by atoms with E-state index in [2.05, 4.69) is 20.4 Å². The summed E-state index contributed by atoms with van der Waals surface area (Å²) in [5.74, 6) is 1.21. The van der Waals surface area contributed by atoms with Gasteiger partial charge in [-0.2, -0.15) is 4.98 Å². The molecule has 0 saturated carbocycles. The Morgan fingerprint density at radius 1 is 1.38 bits per heavy atom. The molecule has 2 aromatic heterocycles. The van der Waals surface area contributed by atoms with Gasteiger partial charge in [-0.05, 0) is 31.9 Å². The van der Waals surface area contributed by atoms with E-state index in [-0.39, 0.29) is 17.7 Å². The number of carbonyl (C=O) groups is 2. The zero-order chi connectivity index (χ0) is 18.5. The maximum atomic E-state index is 12.5. The van der Waals surface area contributed by atoms with Crippen LogP contribution < -0.4 is 5.32 Å². The molecule has 1 saturated heterocycles. The predicted octanol–water partition coefficient (Wildman–Crippen LogP) is 1.47. The van der Waals surface area contributed by atoms with E-state index in [1.165, 1.54) is 0 Å². The van der Waals surface area contributed by atoms with Gasteiger partial charge in [0.25, 0.3) is 5.91 Å². The highest BCUT2D eigenvalue weighted by atomic mass is 16.5. The van der Waals surface area contributed by atoms with Crippen LogP contribution in [0.1, 0.15) is 52.9 Å². The Morgan fingerprint density at radius 3 is 2.88 bits per heavy atom. The average molecular weight is 357 g/mol. The third-order valence-electron chi connectivity index (χ3n) is 4.59. The standard InChI is InChI=1S/C18H23N5O3/c1-12-21-16(26-22-12)7-8-17(24)23-9-3-4-14(11-23)15-6-5-13(10-20-15)18(25)19-2/h5-6,10,14H,3-4,7-9,11H2,1-2H3,(H,19,25)/t14-/m0/s1. The van der Waals surface area contributed by atoms with Gasteiger partial charge < -0.3 is 14.7 Å². The molecule has 8 nitrogen and oxygen atoms in total. The molecule has 1 aliphatic rings. The molecular formula is C18H23N5O3. The van der Waals surface area contributed by atoms with Gasteiger partial charge in [0.1, 0.15) is 0 Å². The van der Waals surface area contributed by atoms with Crippen LogP contribution in [-0.4, -0.2) is 52.0 Å². The molecule has 2 amide bonds. The van der Waals surface area contributed by atoms with E-state index in [1.54, 1.807) is 26.2 Å². The molecule has 3 heterocycles. The Kier molecular flexibility index (Phi) is 5.60. The largest absolute Gasteiger partial charge is 0.355 e. The van der Waals surface area contributed by atoms with Crippen LogP contribution in [0.4, 0.5) is 0 Å². The van der Waals surface area contributed by atoms with Crippen LogP contribution >= 0.6 is 0 Å². The number of hydrogen-bond acceptors (Lipinski definition) is 6. The lowest BCUT2D eigenvalue weighted by molar-refractivity contribution is -0.132. The van der Waals surface area contributed by atoms with E-state index < -0.39 is 0 Å². The molecule has 0 bridgehead atoms. The molecule has 0 radical (unpaired) electrons. The van der Waals surface area contributed by atoms with Crippen molar-refractivity contribution in [1.29, 1.82) is 0 Å². The highest BCUT2D eigenvalue weighted by molar-refractivity contribution is 5.93. The number of aryl methyl sites for hydroxylation is 2. The van der Waals surface area contributed by atoms with Crippen molar-refractivity contribution < 1.29 is 14.1 Å². The number of nitrogens with one attached hydrogen (secondary N) is 1. The maximum absolute atomic E-state index is 12.5. The van der Waals surface area contributed by atoms with Gasteiger partial charge in [0, 0.05) is 50.8 Å². The summed E-state index contributed by atoms with van der Waals surface area (Å²) in [6.07, 6.45) is 4.33. The molecule has 0 aliphatic carbocycles. The van der Waals surface area contributed by atoms with Crippen molar-refractivity contribution in [2.24, 2.45) is 0 Å².